The second-order valence-electron chi connectivity index (χ2n) is 15.4. The van der Waals surface area contributed by atoms with Crippen molar-refractivity contribution >= 4 is 39.3 Å². The largest absolute Gasteiger partial charge is 0.390 e. The van der Waals surface area contributed by atoms with Crippen molar-refractivity contribution in [3.8, 4) is 0 Å². The highest BCUT2D eigenvalue weighted by molar-refractivity contribution is 5.91. The van der Waals surface area contributed by atoms with Crippen LogP contribution < -0.4 is 16.0 Å². The van der Waals surface area contributed by atoms with Gasteiger partial charge in [0.25, 0.3) is 0 Å². The Labute approximate surface area is 314 Å². The zero-order valence-corrected chi connectivity index (χ0v) is 31.9. The fraction of sp³-hybridized carbons (Fsp3) is 0.477. The molecule has 0 unspecified atom stereocenters. The fourth-order valence-corrected chi connectivity index (χ4v) is 7.41. The summed E-state index contributed by atoms with van der Waals surface area (Å²) < 4.78 is 5.40. The van der Waals surface area contributed by atoms with E-state index in [0.717, 1.165) is 52.3 Å². The smallest absolute Gasteiger partial charge is 0.242 e. The molecule has 1 aliphatic heterocycles. The molecule has 9 heteroatoms. The van der Waals surface area contributed by atoms with E-state index in [0.29, 0.717) is 45.4 Å². The molecule has 3 amide bonds. The van der Waals surface area contributed by atoms with Crippen LogP contribution in [0.3, 0.4) is 0 Å². The van der Waals surface area contributed by atoms with Crippen molar-refractivity contribution in [3.05, 3.63) is 96.1 Å². The second kappa shape index (κ2) is 19.7. The number of hydrogen-bond acceptors (Lipinski definition) is 6. The molecule has 284 valence electrons. The van der Waals surface area contributed by atoms with E-state index >= 15 is 0 Å². The summed E-state index contributed by atoms with van der Waals surface area (Å²) in [5.41, 5.74) is 2.16. The van der Waals surface area contributed by atoms with Crippen LogP contribution in [0.25, 0.3) is 21.5 Å². The van der Waals surface area contributed by atoms with Crippen LogP contribution in [0.5, 0.6) is 0 Å². The van der Waals surface area contributed by atoms with Crippen LogP contribution in [0, 0.1) is 17.8 Å². The molecule has 3 atom stereocenters. The van der Waals surface area contributed by atoms with Gasteiger partial charge < -0.3 is 25.8 Å². The summed E-state index contributed by atoms with van der Waals surface area (Å²) in [7, 11) is 0. The van der Waals surface area contributed by atoms with E-state index < -0.39 is 24.1 Å². The number of aliphatic hydroxyl groups excluding tert-OH is 1. The first-order chi connectivity index (χ1) is 25.6. The van der Waals surface area contributed by atoms with Crippen molar-refractivity contribution < 1.29 is 24.2 Å². The zero-order chi connectivity index (χ0) is 37.7. The van der Waals surface area contributed by atoms with Gasteiger partial charge in [-0.05, 0) is 70.2 Å². The number of ether oxygens (including phenoxy) is 1. The Morgan fingerprint density at radius 3 is 1.83 bits per heavy atom. The quantitative estimate of drug-likeness (QED) is 0.105. The molecule has 53 heavy (non-hydrogen) atoms. The number of fused-ring (bicyclic) bond motifs is 2. The molecule has 0 aliphatic carbocycles. The number of morpholine rings is 1. The average molecular weight is 723 g/mol. The lowest BCUT2D eigenvalue weighted by Gasteiger charge is -2.29. The Morgan fingerprint density at radius 2 is 1.26 bits per heavy atom. The van der Waals surface area contributed by atoms with Crippen LogP contribution >= 0.6 is 0 Å². The van der Waals surface area contributed by atoms with Crippen LogP contribution in [-0.4, -0.2) is 85.3 Å². The maximum atomic E-state index is 14.5. The number of amides is 3. The molecule has 4 N–H and O–H groups in total. The predicted octanol–water partition coefficient (Wildman–Crippen LogP) is 5.66. The standard InChI is InChI=1S/C44H58N4O5/c1-30(2)25-39(41(49)29-42(50)45-19-20-48-21-23-53-24-22-48)46-44(52)40(26-31(3)4)47-43(51)36(27-34-15-9-13-32-11-5-7-17-37(32)34)28-35-16-10-14-33-12-6-8-18-38(33)35/h5-18,30-31,36,39-41,49H,19-29H2,1-4H3,(H,45,50)(H,46,52)(H,47,51)/t39-,40-,41-/m0/s1. The maximum Gasteiger partial charge on any atom is 0.242 e. The molecule has 0 radical (unpaired) electrons. The molecule has 0 saturated carbocycles. The minimum Gasteiger partial charge on any atom is -0.390 e. The Kier molecular flexibility index (Phi) is 14.8. The molecule has 1 aliphatic rings. The average Bonchev–Trinajstić information content (AvgIpc) is 3.14. The predicted molar refractivity (Wildman–Crippen MR) is 212 cm³/mol. The molecule has 5 rings (SSSR count). The first kappa shape index (κ1) is 39.9. The summed E-state index contributed by atoms with van der Waals surface area (Å²) in [6.07, 6.45) is 0.718. The van der Waals surface area contributed by atoms with Gasteiger partial charge in [0.15, 0.2) is 0 Å². The van der Waals surface area contributed by atoms with Gasteiger partial charge in [-0.25, -0.2) is 0 Å². The minimum atomic E-state index is -1.08. The Morgan fingerprint density at radius 1 is 0.717 bits per heavy atom. The van der Waals surface area contributed by atoms with Crippen LogP contribution in [0.4, 0.5) is 0 Å². The zero-order valence-electron chi connectivity index (χ0n) is 31.9. The fourth-order valence-electron chi connectivity index (χ4n) is 7.41. The number of benzene rings is 4. The highest BCUT2D eigenvalue weighted by atomic mass is 16.5. The summed E-state index contributed by atoms with van der Waals surface area (Å²) in [6, 6.07) is 27.4. The van der Waals surface area contributed by atoms with Crippen LogP contribution in [0.15, 0.2) is 84.9 Å². The highest BCUT2D eigenvalue weighted by Crippen LogP contribution is 2.27. The van der Waals surface area contributed by atoms with Gasteiger partial charge in [-0.1, -0.05) is 113 Å². The number of rotatable bonds is 18. The monoisotopic (exact) mass is 722 g/mol. The molecule has 9 nitrogen and oxygen atoms in total. The number of aliphatic hydroxyl groups is 1. The molecule has 0 bridgehead atoms. The summed E-state index contributed by atoms with van der Waals surface area (Å²) >= 11 is 0. The highest BCUT2D eigenvalue weighted by Gasteiger charge is 2.31. The maximum absolute atomic E-state index is 14.5. The number of nitrogens with zero attached hydrogens (tertiary/aromatic N) is 1. The van der Waals surface area contributed by atoms with E-state index in [1.165, 1.54) is 0 Å². The van der Waals surface area contributed by atoms with Crippen molar-refractivity contribution in [2.24, 2.45) is 17.8 Å². The third-order valence-corrected chi connectivity index (χ3v) is 10.2. The van der Waals surface area contributed by atoms with Gasteiger partial charge in [0.05, 0.1) is 31.8 Å². The lowest BCUT2D eigenvalue weighted by Crippen LogP contribution is -2.54. The molecular formula is C44H58N4O5. The van der Waals surface area contributed by atoms with Crippen molar-refractivity contribution in [3.63, 3.8) is 0 Å². The number of nitrogens with one attached hydrogen (secondary N) is 3. The number of hydrogen-bond donors (Lipinski definition) is 4. The van der Waals surface area contributed by atoms with Crippen molar-refractivity contribution in [1.82, 2.24) is 20.9 Å². The lowest BCUT2D eigenvalue weighted by atomic mass is 9.87. The van der Waals surface area contributed by atoms with Crippen LogP contribution in [0.2, 0.25) is 0 Å². The molecule has 1 saturated heterocycles. The number of carbonyl (C=O) groups is 3. The van der Waals surface area contributed by atoms with Crippen molar-refractivity contribution in [2.45, 2.75) is 78.0 Å². The molecular weight excluding hydrogens is 665 g/mol. The molecule has 1 heterocycles. The third kappa shape index (κ3) is 11.8. The minimum absolute atomic E-state index is 0.117. The summed E-state index contributed by atoms with van der Waals surface area (Å²) in [5.74, 6) is -0.974. The SMILES string of the molecule is CC(C)C[C@H](NC(=O)C(Cc1cccc2ccccc12)Cc1cccc2ccccc12)C(=O)N[C@@H](CC(C)C)[C@@H](O)CC(=O)NCCN1CCOCC1. The normalized spacial score (nSPS) is 15.5. The van der Waals surface area contributed by atoms with E-state index in [1.807, 2.05) is 64.1 Å². The number of carbonyl (C=O) groups excluding carboxylic acids is 3. The summed E-state index contributed by atoms with van der Waals surface area (Å²) in [6.45, 7) is 12.3. The van der Waals surface area contributed by atoms with Gasteiger partial charge in [-0.2, -0.15) is 0 Å². The van der Waals surface area contributed by atoms with Gasteiger partial charge in [0, 0.05) is 32.1 Å². The van der Waals surface area contributed by atoms with E-state index in [9.17, 15) is 19.5 Å². The summed E-state index contributed by atoms with van der Waals surface area (Å²) in [5, 5.41) is 24.9. The molecule has 0 spiro atoms. The van der Waals surface area contributed by atoms with Gasteiger partial charge in [-0.15, -0.1) is 0 Å². The first-order valence-electron chi connectivity index (χ1n) is 19.4. The molecule has 1 fully saturated rings. The van der Waals surface area contributed by atoms with E-state index in [2.05, 4.69) is 69.4 Å². The van der Waals surface area contributed by atoms with E-state index in [1.54, 1.807) is 0 Å². The second-order valence-corrected chi connectivity index (χ2v) is 15.4. The third-order valence-electron chi connectivity index (χ3n) is 10.2. The lowest BCUT2D eigenvalue weighted by molar-refractivity contribution is -0.132. The van der Waals surface area contributed by atoms with Crippen LogP contribution in [0.1, 0.15) is 58.1 Å². The van der Waals surface area contributed by atoms with Crippen LogP contribution in [-0.2, 0) is 32.0 Å². The van der Waals surface area contributed by atoms with Crippen molar-refractivity contribution in [1.29, 1.82) is 0 Å². The van der Waals surface area contributed by atoms with Gasteiger partial charge >= 0.3 is 0 Å². The molecule has 4 aromatic rings. The Hall–Kier alpha value is -4.31. The van der Waals surface area contributed by atoms with E-state index in [4.69, 9.17) is 4.74 Å². The first-order valence-corrected chi connectivity index (χ1v) is 19.4. The van der Waals surface area contributed by atoms with E-state index in [-0.39, 0.29) is 36.0 Å². The molecule has 4 aromatic carbocycles. The summed E-state index contributed by atoms with van der Waals surface area (Å²) in [4.78, 5) is 43.6. The van der Waals surface area contributed by atoms with Crippen molar-refractivity contribution in [2.75, 3.05) is 39.4 Å². The topological polar surface area (TPSA) is 120 Å². The van der Waals surface area contributed by atoms with Gasteiger partial charge in [0.2, 0.25) is 17.7 Å². The Balaban J connectivity index is 1.32. The van der Waals surface area contributed by atoms with Gasteiger partial charge in [-0.3, -0.25) is 19.3 Å². The van der Waals surface area contributed by atoms with Gasteiger partial charge in [0.1, 0.15) is 6.04 Å². The Bertz CT molecular complexity index is 1710. The molecule has 0 aromatic heterocycles.